The first-order chi connectivity index (χ1) is 7.42. The van der Waals surface area contributed by atoms with E-state index in [1.165, 1.54) is 0 Å². The zero-order valence-electron chi connectivity index (χ0n) is 7.79. The molecule has 72 valence electrons. The summed E-state index contributed by atoms with van der Waals surface area (Å²) in [5.41, 5.74) is 2.18. The molecule has 0 aliphatic heterocycles. The number of aromatic nitrogens is 2. The normalized spacial score (nSPS) is 9.33. The van der Waals surface area contributed by atoms with Crippen molar-refractivity contribution in [1.29, 1.82) is 0 Å². The van der Waals surface area contributed by atoms with Crippen molar-refractivity contribution in [3.05, 3.63) is 42.7 Å². The van der Waals surface area contributed by atoms with Gasteiger partial charge in [0.15, 0.2) is 0 Å². The van der Waals surface area contributed by atoms with Gasteiger partial charge in [-0.2, -0.15) is 4.99 Å². The summed E-state index contributed by atoms with van der Waals surface area (Å²) in [6.45, 7) is 0. The zero-order chi connectivity index (χ0) is 10.5. The number of nitrogens with zero attached hydrogens (tertiary/aromatic N) is 3. The Morgan fingerprint density at radius 1 is 1.07 bits per heavy atom. The van der Waals surface area contributed by atoms with E-state index >= 15 is 0 Å². The van der Waals surface area contributed by atoms with Gasteiger partial charge in [-0.1, -0.05) is 6.07 Å². The Morgan fingerprint density at radius 3 is 2.67 bits per heavy atom. The number of thiocarbonyl (C=S) groups is 1. The highest BCUT2D eigenvalue weighted by molar-refractivity contribution is 7.78. The van der Waals surface area contributed by atoms with Gasteiger partial charge in [0.2, 0.25) is 0 Å². The molecule has 0 atom stereocenters. The topological polar surface area (TPSA) is 38.1 Å². The molecule has 2 aromatic heterocycles. The van der Waals surface area contributed by atoms with Crippen molar-refractivity contribution in [2.24, 2.45) is 4.99 Å². The molecule has 0 fully saturated rings. The van der Waals surface area contributed by atoms with Crippen LogP contribution in [0.4, 0.5) is 5.69 Å². The first-order valence-corrected chi connectivity index (χ1v) is 4.77. The van der Waals surface area contributed by atoms with Gasteiger partial charge in [0.25, 0.3) is 0 Å². The summed E-state index contributed by atoms with van der Waals surface area (Å²) < 4.78 is 0. The van der Waals surface area contributed by atoms with Crippen LogP contribution in [0.15, 0.2) is 47.7 Å². The molecular weight excluding hydrogens is 206 g/mol. The molecule has 0 aliphatic rings. The van der Waals surface area contributed by atoms with Gasteiger partial charge in [-0.05, 0) is 36.5 Å². The van der Waals surface area contributed by atoms with Crippen molar-refractivity contribution in [2.75, 3.05) is 0 Å². The Balaban J connectivity index is 2.58. The van der Waals surface area contributed by atoms with Crippen molar-refractivity contribution in [3.63, 3.8) is 0 Å². The van der Waals surface area contributed by atoms with Gasteiger partial charge >= 0.3 is 0 Å². The summed E-state index contributed by atoms with van der Waals surface area (Å²) >= 11 is 4.58. The highest BCUT2D eigenvalue weighted by Crippen LogP contribution is 2.25. The summed E-state index contributed by atoms with van der Waals surface area (Å²) in [5, 5.41) is 2.33. The van der Waals surface area contributed by atoms with E-state index in [1.807, 2.05) is 24.3 Å². The second kappa shape index (κ2) is 4.55. The van der Waals surface area contributed by atoms with E-state index in [0.717, 1.165) is 11.4 Å². The van der Waals surface area contributed by atoms with Crippen LogP contribution in [-0.2, 0) is 0 Å². The Labute approximate surface area is 92.5 Å². The largest absolute Gasteiger partial charge is 0.255 e. The maximum Gasteiger partial charge on any atom is 0.115 e. The lowest BCUT2D eigenvalue weighted by Crippen LogP contribution is -1.86. The van der Waals surface area contributed by atoms with E-state index in [1.54, 1.807) is 18.5 Å². The number of isothiocyanates is 1. The average Bonchev–Trinajstić information content (AvgIpc) is 2.31. The van der Waals surface area contributed by atoms with Gasteiger partial charge in [0.05, 0.1) is 10.9 Å². The van der Waals surface area contributed by atoms with Crippen LogP contribution >= 0.6 is 12.2 Å². The lowest BCUT2D eigenvalue weighted by atomic mass is 10.2. The fourth-order valence-electron chi connectivity index (χ4n) is 1.24. The molecule has 4 heteroatoms. The molecule has 2 aromatic rings. The monoisotopic (exact) mass is 213 g/mol. The van der Waals surface area contributed by atoms with E-state index in [4.69, 9.17) is 0 Å². The van der Waals surface area contributed by atoms with Gasteiger partial charge in [-0.15, -0.1) is 0 Å². The smallest absolute Gasteiger partial charge is 0.115 e. The minimum Gasteiger partial charge on any atom is -0.255 e. The average molecular weight is 213 g/mol. The van der Waals surface area contributed by atoms with E-state index in [0.29, 0.717) is 5.69 Å². The molecule has 3 nitrogen and oxygen atoms in total. The lowest BCUT2D eigenvalue weighted by Gasteiger charge is -2.01. The Hall–Kier alpha value is -1.90. The first-order valence-electron chi connectivity index (χ1n) is 4.36. The SMILES string of the molecule is S=C=Nc1cccnc1-c1ccccn1. The summed E-state index contributed by atoms with van der Waals surface area (Å²) in [4.78, 5) is 12.4. The van der Waals surface area contributed by atoms with Gasteiger partial charge < -0.3 is 0 Å². The second-order valence-corrected chi connectivity index (χ2v) is 2.97. The zero-order valence-corrected chi connectivity index (χ0v) is 8.61. The van der Waals surface area contributed by atoms with Crippen molar-refractivity contribution in [1.82, 2.24) is 9.97 Å². The van der Waals surface area contributed by atoms with Crippen LogP contribution in [-0.4, -0.2) is 15.1 Å². The molecule has 0 aliphatic carbocycles. The molecule has 0 aromatic carbocycles. The maximum atomic E-state index is 4.58. The Morgan fingerprint density at radius 2 is 1.93 bits per heavy atom. The number of hydrogen-bond donors (Lipinski definition) is 0. The van der Waals surface area contributed by atoms with Crippen LogP contribution < -0.4 is 0 Å². The summed E-state index contributed by atoms with van der Waals surface area (Å²) in [5.74, 6) is 0. The molecule has 2 rings (SSSR count). The molecular formula is C11H7N3S. The molecule has 15 heavy (non-hydrogen) atoms. The molecule has 2 heterocycles. The molecule has 0 saturated carbocycles. The van der Waals surface area contributed by atoms with Crippen LogP contribution in [0, 0.1) is 0 Å². The van der Waals surface area contributed by atoms with E-state index in [2.05, 4.69) is 32.3 Å². The van der Waals surface area contributed by atoms with Gasteiger partial charge in [0.1, 0.15) is 11.4 Å². The predicted molar refractivity (Wildman–Crippen MR) is 62.2 cm³/mol. The van der Waals surface area contributed by atoms with Gasteiger partial charge in [-0.3, -0.25) is 9.97 Å². The summed E-state index contributed by atoms with van der Waals surface area (Å²) in [7, 11) is 0. The first kappa shape index (κ1) is 9.65. The van der Waals surface area contributed by atoms with Crippen molar-refractivity contribution in [2.45, 2.75) is 0 Å². The molecule has 0 bridgehead atoms. The fourth-order valence-corrected chi connectivity index (χ4v) is 1.33. The minimum atomic E-state index is 0.686. The van der Waals surface area contributed by atoms with Crippen molar-refractivity contribution >= 4 is 23.1 Å². The summed E-state index contributed by atoms with van der Waals surface area (Å²) in [6, 6.07) is 9.27. The third kappa shape index (κ3) is 2.13. The summed E-state index contributed by atoms with van der Waals surface area (Å²) in [6.07, 6.45) is 3.42. The maximum absolute atomic E-state index is 4.58. The van der Waals surface area contributed by atoms with Crippen LogP contribution in [0.3, 0.4) is 0 Å². The predicted octanol–water partition coefficient (Wildman–Crippen LogP) is 2.88. The van der Waals surface area contributed by atoms with E-state index < -0.39 is 0 Å². The molecule has 0 saturated heterocycles. The standard InChI is InChI=1S/C11H7N3S/c15-8-14-10-5-3-7-13-11(10)9-4-1-2-6-12-9/h1-7H. The van der Waals surface area contributed by atoms with E-state index in [-0.39, 0.29) is 0 Å². The van der Waals surface area contributed by atoms with Crippen molar-refractivity contribution in [3.8, 4) is 11.4 Å². The van der Waals surface area contributed by atoms with Gasteiger partial charge in [-0.25, -0.2) is 0 Å². The Bertz CT molecular complexity index is 504. The quantitative estimate of drug-likeness (QED) is 0.568. The molecule has 0 N–H and O–H groups in total. The highest BCUT2D eigenvalue weighted by Gasteiger charge is 2.04. The van der Waals surface area contributed by atoms with Crippen molar-refractivity contribution < 1.29 is 0 Å². The fraction of sp³-hybridized carbons (Fsp3) is 0. The number of aliphatic imine (C=N–C) groups is 1. The third-order valence-electron chi connectivity index (χ3n) is 1.86. The van der Waals surface area contributed by atoms with Gasteiger partial charge in [0, 0.05) is 12.4 Å². The molecule has 0 radical (unpaired) electrons. The molecule has 0 spiro atoms. The van der Waals surface area contributed by atoms with E-state index in [9.17, 15) is 0 Å². The minimum absolute atomic E-state index is 0.686. The lowest BCUT2D eigenvalue weighted by molar-refractivity contribution is 1.24. The van der Waals surface area contributed by atoms with Crippen LogP contribution in [0.2, 0.25) is 0 Å². The number of rotatable bonds is 2. The van der Waals surface area contributed by atoms with Crippen LogP contribution in [0.1, 0.15) is 0 Å². The highest BCUT2D eigenvalue weighted by atomic mass is 32.1. The second-order valence-electron chi connectivity index (χ2n) is 2.79. The Kier molecular flexibility index (Phi) is 2.93. The molecule has 0 amide bonds. The number of pyridine rings is 2. The third-order valence-corrected chi connectivity index (χ3v) is 1.95. The molecule has 0 unspecified atom stereocenters. The van der Waals surface area contributed by atoms with Crippen LogP contribution in [0.25, 0.3) is 11.4 Å². The number of hydrogen-bond acceptors (Lipinski definition) is 4. The van der Waals surface area contributed by atoms with Crippen LogP contribution in [0.5, 0.6) is 0 Å².